The number of nitriles is 1. The molecule has 1 aliphatic rings. The van der Waals surface area contributed by atoms with E-state index in [0.717, 1.165) is 0 Å². The van der Waals surface area contributed by atoms with Crippen molar-refractivity contribution in [2.75, 3.05) is 0 Å². The van der Waals surface area contributed by atoms with Crippen LogP contribution in [0.5, 0.6) is 5.75 Å². The number of furan rings is 1. The van der Waals surface area contributed by atoms with E-state index in [1.54, 1.807) is 29.6 Å². The molecule has 0 amide bonds. The third-order valence-corrected chi connectivity index (χ3v) is 4.72. The summed E-state index contributed by atoms with van der Waals surface area (Å²) in [5, 5.41) is 28.7. The van der Waals surface area contributed by atoms with E-state index < -0.39 is 5.37 Å². The Morgan fingerprint density at radius 2 is 2.21 bits per heavy atom. The second kappa shape index (κ2) is 7.30. The van der Waals surface area contributed by atoms with Crippen LogP contribution < -0.4 is 5.59 Å². The first-order valence-corrected chi connectivity index (χ1v) is 8.95. The second-order valence-electron chi connectivity index (χ2n) is 5.91. The summed E-state index contributed by atoms with van der Waals surface area (Å²) >= 11 is 4.64. The molecule has 1 atom stereocenters. The van der Waals surface area contributed by atoms with Gasteiger partial charge < -0.3 is 18.9 Å². The summed E-state index contributed by atoms with van der Waals surface area (Å²) in [6.45, 7) is 2.59. The van der Waals surface area contributed by atoms with Crippen LogP contribution in [0.25, 0.3) is 17.3 Å². The Hall–Kier alpha value is -3.42. The molecule has 2 aromatic heterocycles. The van der Waals surface area contributed by atoms with Crippen LogP contribution in [0.2, 0.25) is 0 Å². The molecule has 0 bridgehead atoms. The van der Waals surface area contributed by atoms with Crippen molar-refractivity contribution in [2.45, 2.75) is 18.8 Å². The topological polar surface area (TPSA) is 112 Å². The molecule has 4 rings (SSSR count). The van der Waals surface area contributed by atoms with E-state index in [0.29, 0.717) is 40.8 Å². The monoisotopic (exact) mass is 396 g/mol. The molecule has 0 radical (unpaired) electrons. The summed E-state index contributed by atoms with van der Waals surface area (Å²) in [6, 6.07) is 10.2. The number of aromatic hydroxyl groups is 1. The van der Waals surface area contributed by atoms with Crippen LogP contribution in [0, 0.1) is 11.3 Å². The standard InChI is InChI=1S/C18H16N6O3S/c1-2-23-16(14-4-3-7-26-14)20-21-17(23)18(28)24-10-15(27-22-24)12-8-11(9-19)5-6-13(12)25/h3-8,10,18,22,25,28H,2H2,1H3. The summed E-state index contributed by atoms with van der Waals surface area (Å²) in [5.74, 6) is 2.15. The molecular formula is C18H16N6O3S. The number of hydrogen-bond donors (Lipinski definition) is 3. The molecule has 0 saturated carbocycles. The van der Waals surface area contributed by atoms with Gasteiger partial charge in [-0.1, -0.05) is 5.59 Å². The van der Waals surface area contributed by atoms with Crippen molar-refractivity contribution in [3.8, 4) is 23.4 Å². The van der Waals surface area contributed by atoms with E-state index in [9.17, 15) is 5.11 Å². The summed E-state index contributed by atoms with van der Waals surface area (Å²) in [6.07, 6.45) is 3.21. The Kier molecular flexibility index (Phi) is 4.68. The number of rotatable bonds is 5. The van der Waals surface area contributed by atoms with E-state index in [-0.39, 0.29) is 5.75 Å². The van der Waals surface area contributed by atoms with E-state index in [1.807, 2.05) is 23.6 Å². The first-order valence-electron chi connectivity index (χ1n) is 8.43. The maximum Gasteiger partial charge on any atom is 0.199 e. The number of phenolic OH excluding ortho intramolecular Hbond substituents is 1. The Morgan fingerprint density at radius 3 is 2.93 bits per heavy atom. The predicted molar refractivity (Wildman–Crippen MR) is 102 cm³/mol. The van der Waals surface area contributed by atoms with Gasteiger partial charge in [0.05, 0.1) is 29.7 Å². The van der Waals surface area contributed by atoms with Crippen LogP contribution in [-0.4, -0.2) is 24.9 Å². The molecule has 0 saturated heterocycles. The summed E-state index contributed by atoms with van der Waals surface area (Å²) < 4.78 is 7.31. The van der Waals surface area contributed by atoms with Crippen molar-refractivity contribution >= 4 is 18.4 Å². The number of hydrazine groups is 1. The maximum atomic E-state index is 10.1. The lowest BCUT2D eigenvalue weighted by molar-refractivity contribution is 0.0381. The molecular weight excluding hydrogens is 380 g/mol. The lowest BCUT2D eigenvalue weighted by Crippen LogP contribution is -2.31. The third-order valence-electron chi connectivity index (χ3n) is 4.24. The third kappa shape index (κ3) is 3.06. The van der Waals surface area contributed by atoms with E-state index in [2.05, 4.69) is 28.4 Å². The molecule has 9 nitrogen and oxygen atoms in total. The first-order chi connectivity index (χ1) is 13.6. The van der Waals surface area contributed by atoms with Crippen LogP contribution in [-0.2, 0) is 11.4 Å². The van der Waals surface area contributed by atoms with Gasteiger partial charge >= 0.3 is 0 Å². The molecule has 28 heavy (non-hydrogen) atoms. The molecule has 0 spiro atoms. The number of thiol groups is 1. The van der Waals surface area contributed by atoms with Crippen LogP contribution in [0.4, 0.5) is 0 Å². The highest BCUT2D eigenvalue weighted by atomic mass is 32.1. The molecule has 142 valence electrons. The number of nitrogens with zero attached hydrogens (tertiary/aromatic N) is 5. The second-order valence-corrected chi connectivity index (χ2v) is 6.40. The smallest absolute Gasteiger partial charge is 0.199 e. The molecule has 2 N–H and O–H groups in total. The van der Waals surface area contributed by atoms with Gasteiger partial charge in [-0.15, -0.1) is 22.8 Å². The number of nitrogens with one attached hydrogen (secondary N) is 1. The molecule has 3 aromatic rings. The minimum atomic E-state index is -0.532. The summed E-state index contributed by atoms with van der Waals surface area (Å²) in [5.41, 5.74) is 3.53. The van der Waals surface area contributed by atoms with Crippen LogP contribution >= 0.6 is 12.6 Å². The highest BCUT2D eigenvalue weighted by Gasteiger charge is 2.28. The fourth-order valence-corrected chi connectivity index (χ4v) is 3.16. The van der Waals surface area contributed by atoms with Crippen molar-refractivity contribution < 1.29 is 14.4 Å². The molecule has 10 heteroatoms. The summed E-state index contributed by atoms with van der Waals surface area (Å²) in [4.78, 5) is 5.47. The maximum absolute atomic E-state index is 10.1. The molecule has 1 unspecified atom stereocenters. The van der Waals surface area contributed by atoms with Crippen molar-refractivity contribution in [1.29, 1.82) is 5.26 Å². The Balaban J connectivity index is 1.64. The Bertz CT molecular complexity index is 1070. The SMILES string of the molecule is CCn1c(-c2ccco2)nnc1C(S)N1C=C(c2cc(C#N)ccc2O)ON1. The molecule has 1 aliphatic heterocycles. The van der Waals surface area contributed by atoms with Gasteiger partial charge in [-0.25, -0.2) is 0 Å². The normalized spacial score (nSPS) is 14.5. The highest BCUT2D eigenvalue weighted by molar-refractivity contribution is 7.80. The van der Waals surface area contributed by atoms with Crippen molar-refractivity contribution in [3.05, 3.63) is 59.7 Å². The van der Waals surface area contributed by atoms with Crippen molar-refractivity contribution in [2.24, 2.45) is 0 Å². The van der Waals surface area contributed by atoms with E-state index in [4.69, 9.17) is 14.5 Å². The van der Waals surface area contributed by atoms with Crippen LogP contribution in [0.1, 0.15) is 29.2 Å². The zero-order valence-electron chi connectivity index (χ0n) is 14.8. The highest BCUT2D eigenvalue weighted by Crippen LogP contribution is 2.33. The minimum Gasteiger partial charge on any atom is -0.507 e. The zero-order chi connectivity index (χ0) is 19.7. The van der Waals surface area contributed by atoms with Gasteiger partial charge in [-0.2, -0.15) is 5.26 Å². The van der Waals surface area contributed by atoms with Crippen molar-refractivity contribution in [1.82, 2.24) is 25.4 Å². The van der Waals surface area contributed by atoms with Gasteiger partial charge in [0.2, 0.25) is 0 Å². The quantitative estimate of drug-likeness (QED) is 0.565. The van der Waals surface area contributed by atoms with Gasteiger partial charge in [0.15, 0.2) is 28.5 Å². The Labute approximate surface area is 165 Å². The van der Waals surface area contributed by atoms with Gasteiger partial charge in [-0.05, 0) is 37.3 Å². The lowest BCUT2D eigenvalue weighted by Gasteiger charge is -2.21. The average Bonchev–Trinajstić information content (AvgIpc) is 3.47. The number of benzene rings is 1. The van der Waals surface area contributed by atoms with Gasteiger partial charge in [0, 0.05) is 6.54 Å². The van der Waals surface area contributed by atoms with E-state index >= 15 is 0 Å². The largest absolute Gasteiger partial charge is 0.507 e. The van der Waals surface area contributed by atoms with Gasteiger partial charge in [0.25, 0.3) is 0 Å². The molecule has 3 heterocycles. The Morgan fingerprint density at radius 1 is 1.36 bits per heavy atom. The average molecular weight is 396 g/mol. The number of hydrogen-bond acceptors (Lipinski definition) is 9. The summed E-state index contributed by atoms with van der Waals surface area (Å²) in [7, 11) is 0. The minimum absolute atomic E-state index is 0.00134. The molecule has 0 fully saturated rings. The van der Waals surface area contributed by atoms with Gasteiger partial charge in [0.1, 0.15) is 5.75 Å². The fraction of sp³-hybridized carbons (Fsp3) is 0.167. The van der Waals surface area contributed by atoms with Crippen LogP contribution in [0.3, 0.4) is 0 Å². The number of phenols is 1. The van der Waals surface area contributed by atoms with E-state index in [1.165, 1.54) is 12.1 Å². The van der Waals surface area contributed by atoms with Gasteiger partial charge in [-0.3, -0.25) is 5.01 Å². The van der Waals surface area contributed by atoms with Crippen molar-refractivity contribution in [3.63, 3.8) is 0 Å². The fourth-order valence-electron chi connectivity index (χ4n) is 2.86. The number of aromatic nitrogens is 3. The molecule has 1 aromatic carbocycles. The lowest BCUT2D eigenvalue weighted by atomic mass is 10.1. The first kappa shape index (κ1) is 18.0. The van der Waals surface area contributed by atoms with Crippen LogP contribution in [0.15, 0.2) is 47.2 Å². The zero-order valence-corrected chi connectivity index (χ0v) is 15.7. The molecule has 0 aliphatic carbocycles. The predicted octanol–water partition coefficient (Wildman–Crippen LogP) is 2.81.